The van der Waals surface area contributed by atoms with Gasteiger partial charge < -0.3 is 34.1 Å². The Bertz CT molecular complexity index is 2110. The number of nitrogens with zero attached hydrogens (tertiary/aromatic N) is 3. The van der Waals surface area contributed by atoms with E-state index < -0.39 is 48.4 Å². The largest absolute Gasteiger partial charge is 0.510 e. The Hall–Kier alpha value is -5.48. The van der Waals surface area contributed by atoms with Gasteiger partial charge in [-0.3, -0.25) is 4.79 Å². The fourth-order valence-corrected chi connectivity index (χ4v) is 7.06. The molecule has 12 nitrogen and oxygen atoms in total. The average Bonchev–Trinajstić information content (AvgIpc) is 3.32. The van der Waals surface area contributed by atoms with Crippen LogP contribution in [0, 0.1) is 17.5 Å². The number of pyridine rings is 1. The molecule has 1 amide bonds. The van der Waals surface area contributed by atoms with Gasteiger partial charge in [0.25, 0.3) is 5.91 Å². The zero-order valence-corrected chi connectivity index (χ0v) is 27.1. The molecule has 1 aromatic heterocycles. The van der Waals surface area contributed by atoms with Gasteiger partial charge in [0, 0.05) is 28.3 Å². The van der Waals surface area contributed by atoms with Crippen molar-refractivity contribution in [1.82, 2.24) is 9.58 Å². The Labute approximate surface area is 286 Å². The number of hydrogen-bond donors (Lipinski definition) is 1. The number of benzene rings is 3. The molecule has 16 heteroatoms. The normalized spacial score (nSPS) is 16.6. The number of carbonyl (C=O) groups is 3. The van der Waals surface area contributed by atoms with Crippen molar-refractivity contribution in [2.24, 2.45) is 5.16 Å². The van der Waals surface area contributed by atoms with E-state index in [1.807, 2.05) is 24.3 Å². The third-order valence-corrected chi connectivity index (χ3v) is 9.45. The summed E-state index contributed by atoms with van der Waals surface area (Å²) in [7, 11) is 1.09. The second-order valence-corrected chi connectivity index (χ2v) is 12.3. The topological polar surface area (TPSA) is 130 Å². The van der Waals surface area contributed by atoms with Crippen LogP contribution in [0.5, 0.6) is 5.75 Å². The van der Waals surface area contributed by atoms with Gasteiger partial charge in [-0.05, 0) is 53.9 Å². The van der Waals surface area contributed by atoms with E-state index in [0.29, 0.717) is 5.56 Å². The summed E-state index contributed by atoms with van der Waals surface area (Å²) in [4.78, 5) is 46.5. The van der Waals surface area contributed by atoms with Gasteiger partial charge in [0.15, 0.2) is 23.1 Å². The highest BCUT2D eigenvalue weighted by molar-refractivity contribution is 7.98. The highest BCUT2D eigenvalue weighted by atomic mass is 32.2. The van der Waals surface area contributed by atoms with Crippen molar-refractivity contribution in [2.75, 3.05) is 39.1 Å². The van der Waals surface area contributed by atoms with E-state index in [2.05, 4.69) is 15.3 Å². The van der Waals surface area contributed by atoms with Crippen molar-refractivity contribution in [3.63, 3.8) is 0 Å². The molecule has 1 N–H and O–H groups in total. The van der Waals surface area contributed by atoms with E-state index in [1.165, 1.54) is 39.5 Å². The maximum Gasteiger partial charge on any atom is 0.510 e. The molecule has 258 valence electrons. The Morgan fingerprint density at radius 2 is 1.92 bits per heavy atom. The van der Waals surface area contributed by atoms with E-state index in [-0.39, 0.29) is 71.1 Å². The minimum atomic E-state index is -1.12. The predicted molar refractivity (Wildman–Crippen MR) is 170 cm³/mol. The van der Waals surface area contributed by atoms with Gasteiger partial charge in [0.2, 0.25) is 6.79 Å². The summed E-state index contributed by atoms with van der Waals surface area (Å²) in [5.41, 5.74) is 4.71. The van der Waals surface area contributed by atoms with Crippen LogP contribution in [-0.4, -0.2) is 67.4 Å². The van der Waals surface area contributed by atoms with Crippen molar-refractivity contribution in [2.45, 2.75) is 23.2 Å². The number of ether oxygens (including phenoxy) is 4. The molecule has 1 atom stereocenters. The highest BCUT2D eigenvalue weighted by Gasteiger charge is 2.39. The van der Waals surface area contributed by atoms with Crippen molar-refractivity contribution >= 4 is 29.8 Å². The molecule has 0 spiro atoms. The summed E-state index contributed by atoms with van der Waals surface area (Å²) in [6, 6.07) is 14.6. The molecule has 0 aliphatic carbocycles. The molecule has 4 aromatic rings. The zero-order valence-electron chi connectivity index (χ0n) is 26.2. The molecule has 0 radical (unpaired) electrons. The Morgan fingerprint density at radius 3 is 2.74 bits per heavy atom. The van der Waals surface area contributed by atoms with E-state index >= 15 is 8.78 Å². The third kappa shape index (κ3) is 6.22. The zero-order chi connectivity index (χ0) is 34.9. The smallest absolute Gasteiger partial charge is 0.452 e. The molecule has 3 aliphatic rings. The maximum absolute atomic E-state index is 15.5. The van der Waals surface area contributed by atoms with Gasteiger partial charge in [-0.2, -0.15) is 0 Å². The van der Waals surface area contributed by atoms with Gasteiger partial charge in [-0.25, -0.2) is 27.4 Å². The van der Waals surface area contributed by atoms with Crippen molar-refractivity contribution in [1.29, 1.82) is 0 Å². The van der Waals surface area contributed by atoms with Gasteiger partial charge in [-0.15, -0.1) is 11.8 Å². The van der Waals surface area contributed by atoms with E-state index in [4.69, 9.17) is 19.0 Å². The Morgan fingerprint density at radius 1 is 1.08 bits per heavy atom. The minimum Gasteiger partial charge on any atom is -0.452 e. The summed E-state index contributed by atoms with van der Waals surface area (Å²) in [6.07, 6.45) is -1.53. The predicted octanol–water partition coefficient (Wildman–Crippen LogP) is 4.92. The first-order valence-electron chi connectivity index (χ1n) is 15.2. The molecule has 0 saturated carbocycles. The van der Waals surface area contributed by atoms with Crippen molar-refractivity contribution in [3.8, 4) is 17.0 Å². The lowest BCUT2D eigenvalue weighted by Gasteiger charge is -2.42. The van der Waals surface area contributed by atoms with E-state index in [9.17, 15) is 18.8 Å². The number of fused-ring (bicyclic) bond motifs is 4. The van der Waals surface area contributed by atoms with Crippen LogP contribution >= 0.6 is 11.8 Å². The van der Waals surface area contributed by atoms with E-state index in [1.54, 1.807) is 0 Å². The van der Waals surface area contributed by atoms with Crippen LogP contribution in [0.3, 0.4) is 0 Å². The maximum atomic E-state index is 15.5. The molecular weight excluding hydrogens is 681 g/mol. The molecule has 7 rings (SSSR count). The van der Waals surface area contributed by atoms with Crippen LogP contribution in [0.1, 0.15) is 37.5 Å². The lowest BCUT2D eigenvalue weighted by molar-refractivity contribution is -0.00490. The quantitative estimate of drug-likeness (QED) is 0.128. The second kappa shape index (κ2) is 13.8. The number of thioether (sulfide) groups is 1. The number of nitrogens with one attached hydrogen (secondary N) is 1. The van der Waals surface area contributed by atoms with Crippen LogP contribution in [0.15, 0.2) is 70.7 Å². The minimum absolute atomic E-state index is 0.108. The van der Waals surface area contributed by atoms with Gasteiger partial charge in [0.05, 0.1) is 31.6 Å². The number of morpholine rings is 1. The number of halogens is 3. The van der Waals surface area contributed by atoms with Gasteiger partial charge >= 0.3 is 12.1 Å². The summed E-state index contributed by atoms with van der Waals surface area (Å²) >= 11 is 1.37. The third-order valence-electron chi connectivity index (χ3n) is 8.31. The van der Waals surface area contributed by atoms with Crippen LogP contribution in [0.2, 0.25) is 0 Å². The average molecular weight is 709 g/mol. The Balaban J connectivity index is 1.46. The summed E-state index contributed by atoms with van der Waals surface area (Å²) in [5.74, 6) is -4.58. The standard InChI is InChI=1S/C34H27F3N4O8S/c1-45-34(44)48-17-47-31-25(39-49-33(43)19-6-4-7-20(35)11-19)14-26(41-30(31)32(42)40-9-10-46-15-28(40)38-41)22-13-24(36)29(37)23-16-50-27-8-3-2-5-18(27)12-21(22)23/h2-8,11,13-14,28,38H,9-10,12,15-17H2,1H3/b39-25+/t28-/m0/s1. The lowest BCUT2D eigenvalue weighted by Crippen LogP contribution is -2.59. The molecule has 3 aromatic carbocycles. The van der Waals surface area contributed by atoms with E-state index in [0.717, 1.165) is 35.8 Å². The molecule has 3 aliphatic heterocycles. The number of amides is 1. The molecule has 1 saturated heterocycles. The molecule has 4 heterocycles. The molecule has 1 fully saturated rings. The van der Waals surface area contributed by atoms with Crippen LogP contribution in [-0.2, 0) is 31.2 Å². The number of aromatic nitrogens is 1. The number of methoxy groups -OCH3 is 1. The van der Waals surface area contributed by atoms with Crippen LogP contribution in [0.25, 0.3) is 11.3 Å². The highest BCUT2D eigenvalue weighted by Crippen LogP contribution is 2.41. The van der Waals surface area contributed by atoms with Crippen molar-refractivity contribution < 1.29 is 51.3 Å². The number of carbonyl (C=O) groups excluding carboxylic acids is 3. The number of hydrogen-bond acceptors (Lipinski definition) is 11. The molecular formula is C34H27F3N4O8S. The number of rotatable bonds is 6. The van der Waals surface area contributed by atoms with Gasteiger partial charge in [0.1, 0.15) is 17.3 Å². The molecule has 0 unspecified atom stereocenters. The molecule has 0 bridgehead atoms. The first kappa shape index (κ1) is 33.0. The van der Waals surface area contributed by atoms with Crippen LogP contribution < -0.4 is 15.5 Å². The van der Waals surface area contributed by atoms with Gasteiger partial charge in [-0.1, -0.05) is 29.4 Å². The second-order valence-electron chi connectivity index (χ2n) is 11.2. The first-order chi connectivity index (χ1) is 24.2. The first-order valence-corrected chi connectivity index (χ1v) is 16.2. The fourth-order valence-electron chi connectivity index (χ4n) is 5.96. The monoisotopic (exact) mass is 708 g/mol. The SMILES string of the molecule is COC(=O)OCOc1c2n(c(-c3cc(F)c(F)c4c3Cc3ccccc3SC4)c/c1=N\OC(=O)c1cccc(F)c1)N[C@@H]1COCCN1C2=O. The fraction of sp³-hybridized carbons (Fsp3) is 0.235. The van der Waals surface area contributed by atoms with Crippen molar-refractivity contribution in [3.05, 3.63) is 111 Å². The lowest BCUT2D eigenvalue weighted by atomic mass is 9.92. The summed E-state index contributed by atoms with van der Waals surface area (Å²) in [6.45, 7) is -0.222. The Kier molecular flexibility index (Phi) is 9.12. The molecule has 50 heavy (non-hydrogen) atoms. The summed E-state index contributed by atoms with van der Waals surface area (Å²) in [5, 5.41) is 3.74. The van der Waals surface area contributed by atoms with Crippen LogP contribution in [0.4, 0.5) is 18.0 Å². The summed E-state index contributed by atoms with van der Waals surface area (Å²) < 4.78 is 67.1.